The summed E-state index contributed by atoms with van der Waals surface area (Å²) in [6, 6.07) is 32.4. The van der Waals surface area contributed by atoms with E-state index in [1.54, 1.807) is 31.0 Å². The number of aromatic hydroxyl groups is 1. The Balaban J connectivity index is 0.914. The van der Waals surface area contributed by atoms with Crippen molar-refractivity contribution in [3.05, 3.63) is 126 Å². The summed E-state index contributed by atoms with van der Waals surface area (Å²) in [7, 11) is 1.62. The predicted molar refractivity (Wildman–Crippen MR) is 225 cm³/mol. The van der Waals surface area contributed by atoms with Crippen molar-refractivity contribution in [2.75, 3.05) is 44.0 Å². The fourth-order valence-electron chi connectivity index (χ4n) is 7.00. The van der Waals surface area contributed by atoms with Gasteiger partial charge in [-0.1, -0.05) is 60.6 Å². The van der Waals surface area contributed by atoms with Crippen molar-refractivity contribution in [1.29, 1.82) is 0 Å². The summed E-state index contributed by atoms with van der Waals surface area (Å²) in [6.07, 6.45) is 5.03. The number of nitrogens with one attached hydrogen (secondary N) is 3. The lowest BCUT2D eigenvalue weighted by atomic mass is 10.0. The fourth-order valence-corrected chi connectivity index (χ4v) is 7.96. The summed E-state index contributed by atoms with van der Waals surface area (Å²) in [5.41, 5.74) is 14.2. The highest BCUT2D eigenvalue weighted by Gasteiger charge is 2.22. The van der Waals surface area contributed by atoms with E-state index in [2.05, 4.69) is 81.6 Å². The summed E-state index contributed by atoms with van der Waals surface area (Å²) < 4.78 is 11.1. The van der Waals surface area contributed by atoms with Crippen LogP contribution in [-0.2, 0) is 6.42 Å². The Kier molecular flexibility index (Phi) is 12.2. The zero-order chi connectivity index (χ0) is 39.0. The van der Waals surface area contributed by atoms with Crippen molar-refractivity contribution >= 4 is 45.6 Å². The molecule has 0 spiro atoms. The van der Waals surface area contributed by atoms with E-state index < -0.39 is 12.0 Å². The summed E-state index contributed by atoms with van der Waals surface area (Å²) in [5.74, 6) is 0.816. The minimum atomic E-state index is -0.716. The molecule has 2 heterocycles. The van der Waals surface area contributed by atoms with Gasteiger partial charge in [-0.3, -0.25) is 9.78 Å². The first kappa shape index (κ1) is 38.5. The van der Waals surface area contributed by atoms with Gasteiger partial charge in [-0.15, -0.1) is 0 Å². The Morgan fingerprint density at radius 2 is 1.77 bits per heavy atom. The third-order valence-electron chi connectivity index (χ3n) is 9.95. The molecule has 6 aromatic rings. The van der Waals surface area contributed by atoms with Crippen LogP contribution in [0.3, 0.4) is 0 Å². The second-order valence-electron chi connectivity index (χ2n) is 13.9. The monoisotopic (exact) mass is 769 g/mol. The van der Waals surface area contributed by atoms with E-state index in [1.165, 1.54) is 17.3 Å². The van der Waals surface area contributed by atoms with Crippen LogP contribution in [0.4, 0.5) is 17.1 Å². The number of nitrogens with zero attached hydrogens (tertiary/aromatic N) is 1. The van der Waals surface area contributed by atoms with E-state index >= 15 is 0 Å². The van der Waals surface area contributed by atoms with Gasteiger partial charge in [-0.05, 0) is 104 Å². The number of amides is 1. The molecule has 1 aromatic heterocycles. The summed E-state index contributed by atoms with van der Waals surface area (Å²) in [4.78, 5) is 19.2. The number of benzene rings is 5. The number of ether oxygens (including phenoxy) is 2. The fraction of sp³-hybridized carbons (Fsp3) is 0.244. The molecule has 0 saturated carbocycles. The predicted octanol–water partition coefficient (Wildman–Crippen LogP) is 8.76. The molecule has 1 unspecified atom stereocenters. The average molecular weight is 770 g/mol. The summed E-state index contributed by atoms with van der Waals surface area (Å²) in [5, 5.41) is 31.6. The van der Waals surface area contributed by atoms with Gasteiger partial charge in [0.05, 0.1) is 30.0 Å². The third kappa shape index (κ3) is 9.03. The van der Waals surface area contributed by atoms with Crippen LogP contribution in [0.5, 0.6) is 17.2 Å². The second kappa shape index (κ2) is 17.8. The molecule has 1 aliphatic heterocycles. The minimum absolute atomic E-state index is 0.132. The highest BCUT2D eigenvalue weighted by molar-refractivity contribution is 7.99. The quantitative estimate of drug-likeness (QED) is 0.0417. The lowest BCUT2D eigenvalue weighted by Gasteiger charge is -2.24. The molecule has 1 amide bonds. The molecule has 7 rings (SSSR count). The van der Waals surface area contributed by atoms with Gasteiger partial charge in [-0.25, -0.2) is 0 Å². The molecule has 7 N–H and O–H groups in total. The van der Waals surface area contributed by atoms with Gasteiger partial charge in [0.15, 0.2) is 5.75 Å². The second-order valence-corrected chi connectivity index (χ2v) is 15.1. The number of aryl methyl sites for hydroxylation is 2. The molecule has 1 aliphatic rings. The van der Waals surface area contributed by atoms with Crippen LogP contribution in [0, 0.1) is 6.92 Å². The number of carbonyl (C=O) groups is 1. The molecule has 0 fully saturated rings. The third-order valence-corrected chi connectivity index (χ3v) is 10.9. The number of primary amides is 1. The topological polar surface area (TPSA) is 151 Å². The molecule has 5 aromatic carbocycles. The van der Waals surface area contributed by atoms with Crippen molar-refractivity contribution < 1.29 is 24.5 Å². The van der Waals surface area contributed by atoms with Crippen molar-refractivity contribution in [2.24, 2.45) is 5.73 Å². The van der Waals surface area contributed by atoms with E-state index in [9.17, 15) is 15.0 Å². The van der Waals surface area contributed by atoms with Gasteiger partial charge in [0.1, 0.15) is 23.8 Å². The Hall–Kier alpha value is -5.75. The standard InChI is InChI=1S/C45H47N5O5S/c1-28-23-35(25-37-41(28)49-26-38(45(46)53)42(37)50-32-8-6-9-33(24-32)54-2)56-34-16-14-31(15-17-34)30-12-10-29(11-13-30)7-4-3-5-20-47-27-40(52)36-18-19-39(51)43-44(36)55-22-21-48-43/h6,8-19,23-26,40,47-48,51-52H,3-5,7,20-22,27H2,1-2H3,(H2,46,53)(H,49,50). The first-order chi connectivity index (χ1) is 27.3. The Morgan fingerprint density at radius 3 is 2.54 bits per heavy atom. The smallest absolute Gasteiger partial charge is 0.252 e. The van der Waals surface area contributed by atoms with Crippen molar-refractivity contribution in [1.82, 2.24) is 10.3 Å². The van der Waals surface area contributed by atoms with Crippen LogP contribution in [0.15, 0.2) is 113 Å². The molecular weight excluding hydrogens is 723 g/mol. The van der Waals surface area contributed by atoms with Gasteiger partial charge in [0.25, 0.3) is 5.91 Å². The van der Waals surface area contributed by atoms with Gasteiger partial charge in [0.2, 0.25) is 0 Å². The Bertz CT molecular complexity index is 2320. The Morgan fingerprint density at radius 1 is 0.982 bits per heavy atom. The highest BCUT2D eigenvalue weighted by atomic mass is 32.2. The first-order valence-electron chi connectivity index (χ1n) is 18.9. The number of carbonyl (C=O) groups excluding carboxylic acids is 1. The molecular formula is C45H47N5O5S. The van der Waals surface area contributed by atoms with Crippen LogP contribution in [0.1, 0.15) is 52.4 Å². The zero-order valence-electron chi connectivity index (χ0n) is 31.6. The number of phenols is 1. The number of phenolic OH excluding ortho intramolecular Hbond substituents is 1. The molecule has 10 nitrogen and oxygen atoms in total. The number of rotatable bonds is 16. The molecule has 11 heteroatoms. The van der Waals surface area contributed by atoms with E-state index in [1.807, 2.05) is 31.2 Å². The van der Waals surface area contributed by atoms with Crippen molar-refractivity contribution in [3.63, 3.8) is 0 Å². The number of hydrogen-bond donors (Lipinski definition) is 6. The minimum Gasteiger partial charge on any atom is -0.506 e. The lowest BCUT2D eigenvalue weighted by molar-refractivity contribution is 0.100. The maximum Gasteiger partial charge on any atom is 0.252 e. The lowest BCUT2D eigenvalue weighted by Crippen LogP contribution is -2.25. The van der Waals surface area contributed by atoms with Crippen molar-refractivity contribution in [3.8, 4) is 28.4 Å². The summed E-state index contributed by atoms with van der Waals surface area (Å²) in [6.45, 7) is 4.39. The van der Waals surface area contributed by atoms with Gasteiger partial charge in [-0.2, -0.15) is 0 Å². The molecule has 288 valence electrons. The van der Waals surface area contributed by atoms with E-state index in [-0.39, 0.29) is 5.75 Å². The number of nitrogens with two attached hydrogens (primary N) is 1. The van der Waals surface area contributed by atoms with Crippen LogP contribution < -0.4 is 31.2 Å². The number of fused-ring (bicyclic) bond motifs is 2. The molecule has 0 saturated heterocycles. The van der Waals surface area contributed by atoms with E-state index in [0.29, 0.717) is 53.7 Å². The number of unbranched alkanes of at least 4 members (excludes halogenated alkanes) is 2. The highest BCUT2D eigenvalue weighted by Crippen LogP contribution is 2.41. The van der Waals surface area contributed by atoms with E-state index in [4.69, 9.17) is 15.2 Å². The van der Waals surface area contributed by atoms with Crippen LogP contribution in [0.2, 0.25) is 0 Å². The molecule has 56 heavy (non-hydrogen) atoms. The normalized spacial score (nSPS) is 12.7. The van der Waals surface area contributed by atoms with Crippen LogP contribution >= 0.6 is 11.8 Å². The number of hydrogen-bond acceptors (Lipinski definition) is 10. The first-order valence-corrected chi connectivity index (χ1v) is 19.7. The number of pyridine rings is 1. The molecule has 0 radical (unpaired) electrons. The number of aliphatic hydroxyl groups is 1. The number of methoxy groups -OCH3 is 1. The van der Waals surface area contributed by atoms with Gasteiger partial charge < -0.3 is 41.4 Å². The maximum absolute atomic E-state index is 12.5. The molecule has 0 aliphatic carbocycles. The average Bonchev–Trinajstić information content (AvgIpc) is 3.21. The van der Waals surface area contributed by atoms with Crippen LogP contribution in [-0.4, -0.2) is 54.5 Å². The number of anilines is 3. The number of aliphatic hydroxyl groups excluding tert-OH is 1. The number of aromatic nitrogens is 1. The van der Waals surface area contributed by atoms with Crippen molar-refractivity contribution in [2.45, 2.75) is 48.5 Å². The SMILES string of the molecule is COc1cccc(Nc2c(C(N)=O)cnc3c(C)cc(Sc4ccc(-c5ccc(CCCCCNCC(O)c6ccc(O)c7c6OCCN7)cc5)cc4)cc23)c1. The molecule has 0 bridgehead atoms. The maximum atomic E-state index is 12.5. The van der Waals surface area contributed by atoms with E-state index in [0.717, 1.165) is 69.7 Å². The van der Waals surface area contributed by atoms with Gasteiger partial charge >= 0.3 is 0 Å². The van der Waals surface area contributed by atoms with Crippen LogP contribution in [0.25, 0.3) is 22.0 Å². The summed E-state index contributed by atoms with van der Waals surface area (Å²) >= 11 is 1.66. The Labute approximate surface area is 331 Å². The largest absolute Gasteiger partial charge is 0.506 e. The molecule has 1 atom stereocenters. The zero-order valence-corrected chi connectivity index (χ0v) is 32.4. The van der Waals surface area contributed by atoms with Gasteiger partial charge in [0, 0.05) is 51.8 Å².